The van der Waals surface area contributed by atoms with Gasteiger partial charge in [-0.3, -0.25) is 0 Å². The van der Waals surface area contributed by atoms with Gasteiger partial charge < -0.3 is 21.3 Å². The van der Waals surface area contributed by atoms with Crippen molar-refractivity contribution in [3.05, 3.63) is 23.5 Å². The van der Waals surface area contributed by atoms with Gasteiger partial charge in [0.1, 0.15) is 0 Å². The summed E-state index contributed by atoms with van der Waals surface area (Å²) in [5.41, 5.74) is 0.396. The molecule has 0 spiro atoms. The van der Waals surface area contributed by atoms with Gasteiger partial charge in [-0.2, -0.15) is 0 Å². The van der Waals surface area contributed by atoms with Crippen LogP contribution in [-0.4, -0.2) is 23.1 Å². The van der Waals surface area contributed by atoms with E-state index >= 15 is 0 Å². The van der Waals surface area contributed by atoms with Crippen LogP contribution in [-0.2, 0) is 0 Å². The molecule has 0 heterocycles. The number of allylic oxidation sites excluding steroid dienone is 2. The molecule has 4 amide bonds. The fraction of sp³-hybridized carbons (Fsp3) is 0.625. The van der Waals surface area contributed by atoms with Gasteiger partial charge in [0.25, 0.3) is 0 Å². The smallest absolute Gasteiger partial charge is 0.319 e. The highest BCUT2D eigenvalue weighted by Gasteiger charge is 2.18. The average molecular weight is 310 g/mol. The Balaban J connectivity index is 4.84. The van der Waals surface area contributed by atoms with Gasteiger partial charge in [-0.1, -0.05) is 12.2 Å². The highest BCUT2D eigenvalue weighted by Crippen LogP contribution is 2.06. The van der Waals surface area contributed by atoms with Gasteiger partial charge in [-0.05, 0) is 55.4 Å². The molecule has 0 bridgehead atoms. The van der Waals surface area contributed by atoms with Crippen molar-refractivity contribution >= 4 is 12.1 Å². The topological polar surface area (TPSA) is 82.3 Å². The summed E-state index contributed by atoms with van der Waals surface area (Å²) in [5.74, 6) is 0. The first-order valence-corrected chi connectivity index (χ1v) is 7.39. The quantitative estimate of drug-likeness (QED) is 0.604. The standard InChI is InChI=1S/C16H30N4O2/c1-9-11(17-13(21)19-15(3,4)5)12(10-2)18-14(22)20-16(6,7)8/h9-10H,1-8H3,(H2,17,19,21)(H2,18,20,22)/b11-9+,12-10+. The lowest BCUT2D eigenvalue weighted by Crippen LogP contribution is -2.49. The number of amides is 4. The van der Waals surface area contributed by atoms with E-state index in [4.69, 9.17) is 0 Å². The molecule has 6 heteroatoms. The Labute approximate surface area is 133 Å². The van der Waals surface area contributed by atoms with Gasteiger partial charge in [-0.15, -0.1) is 0 Å². The number of carbonyl (C=O) groups excluding carboxylic acids is 2. The molecule has 4 N–H and O–H groups in total. The van der Waals surface area contributed by atoms with Crippen LogP contribution in [0.5, 0.6) is 0 Å². The molecule has 0 aromatic carbocycles. The fourth-order valence-electron chi connectivity index (χ4n) is 1.58. The monoisotopic (exact) mass is 310 g/mol. The molecular weight excluding hydrogens is 280 g/mol. The molecule has 126 valence electrons. The molecule has 0 saturated heterocycles. The first kappa shape index (κ1) is 20.0. The lowest BCUT2D eigenvalue weighted by Gasteiger charge is -2.24. The number of nitrogens with one attached hydrogen (secondary N) is 4. The van der Waals surface area contributed by atoms with Crippen LogP contribution in [0.25, 0.3) is 0 Å². The zero-order valence-electron chi connectivity index (χ0n) is 15.0. The molecule has 0 atom stereocenters. The summed E-state index contributed by atoms with van der Waals surface area (Å²) in [5, 5.41) is 11.1. The first-order chi connectivity index (χ1) is 9.88. The van der Waals surface area contributed by atoms with Crippen LogP contribution >= 0.6 is 0 Å². The molecule has 6 nitrogen and oxygen atoms in total. The van der Waals surface area contributed by atoms with Crippen LogP contribution < -0.4 is 21.3 Å². The second kappa shape index (κ2) is 7.87. The molecule has 0 radical (unpaired) electrons. The summed E-state index contributed by atoms with van der Waals surface area (Å²) in [4.78, 5) is 23.9. The maximum atomic E-state index is 11.9. The normalized spacial score (nSPS) is 13.5. The highest BCUT2D eigenvalue weighted by molar-refractivity contribution is 5.80. The maximum absolute atomic E-state index is 11.9. The molecule has 0 aliphatic carbocycles. The molecular formula is C16H30N4O2. The van der Waals surface area contributed by atoms with Gasteiger partial charge in [0.05, 0.1) is 11.4 Å². The Bertz CT molecular complexity index is 422. The zero-order valence-corrected chi connectivity index (χ0v) is 15.0. The summed E-state index contributed by atoms with van der Waals surface area (Å²) in [6, 6.07) is -0.643. The predicted molar refractivity (Wildman–Crippen MR) is 90.4 cm³/mol. The Hall–Kier alpha value is -1.98. The molecule has 0 unspecified atom stereocenters. The number of hydrogen-bond donors (Lipinski definition) is 4. The minimum absolute atomic E-state index is 0.321. The largest absolute Gasteiger partial charge is 0.333 e. The third kappa shape index (κ3) is 9.05. The minimum atomic E-state index is -0.337. The highest BCUT2D eigenvalue weighted by atomic mass is 16.2. The summed E-state index contributed by atoms with van der Waals surface area (Å²) < 4.78 is 0. The predicted octanol–water partition coefficient (Wildman–Crippen LogP) is 2.99. The number of carbonyl (C=O) groups is 2. The van der Waals surface area contributed by atoms with Crippen LogP contribution in [0, 0.1) is 0 Å². The second-order valence-corrected chi connectivity index (χ2v) is 7.06. The van der Waals surface area contributed by atoms with E-state index in [1.807, 2.05) is 41.5 Å². The van der Waals surface area contributed by atoms with E-state index < -0.39 is 0 Å². The fourth-order valence-corrected chi connectivity index (χ4v) is 1.58. The van der Waals surface area contributed by atoms with Crippen molar-refractivity contribution in [2.24, 2.45) is 0 Å². The maximum Gasteiger partial charge on any atom is 0.319 e. The van der Waals surface area contributed by atoms with Crippen molar-refractivity contribution in [2.75, 3.05) is 0 Å². The third-order valence-corrected chi connectivity index (χ3v) is 2.34. The van der Waals surface area contributed by atoms with E-state index in [0.29, 0.717) is 11.4 Å². The molecule has 0 saturated carbocycles. The Morgan fingerprint density at radius 1 is 0.682 bits per heavy atom. The van der Waals surface area contributed by atoms with Crippen molar-refractivity contribution in [1.82, 2.24) is 21.3 Å². The van der Waals surface area contributed by atoms with E-state index in [0.717, 1.165) is 0 Å². The number of urea groups is 2. The van der Waals surface area contributed by atoms with Crippen molar-refractivity contribution in [2.45, 2.75) is 66.5 Å². The van der Waals surface area contributed by atoms with Gasteiger partial charge in [-0.25, -0.2) is 9.59 Å². The summed E-state index contributed by atoms with van der Waals surface area (Å²) in [6.07, 6.45) is 3.46. The van der Waals surface area contributed by atoms with Crippen molar-refractivity contribution < 1.29 is 9.59 Å². The second-order valence-electron chi connectivity index (χ2n) is 7.06. The van der Waals surface area contributed by atoms with E-state index in [-0.39, 0.29) is 23.1 Å². The summed E-state index contributed by atoms with van der Waals surface area (Å²) in [6.45, 7) is 15.0. The van der Waals surface area contributed by atoms with Crippen LogP contribution in [0.2, 0.25) is 0 Å². The zero-order chi connectivity index (χ0) is 17.6. The number of rotatable bonds is 3. The van der Waals surface area contributed by atoms with Crippen molar-refractivity contribution in [3.8, 4) is 0 Å². The molecule has 0 aromatic heterocycles. The lowest BCUT2D eigenvalue weighted by molar-refractivity contribution is 0.231. The SMILES string of the molecule is C/C=C(NC(=O)NC(C)(C)C)\C(=C/C)NC(=O)NC(C)(C)C. The minimum Gasteiger partial charge on any atom is -0.333 e. The third-order valence-electron chi connectivity index (χ3n) is 2.34. The van der Waals surface area contributed by atoms with Gasteiger partial charge in [0.15, 0.2) is 0 Å². The van der Waals surface area contributed by atoms with Crippen molar-refractivity contribution in [3.63, 3.8) is 0 Å². The molecule has 22 heavy (non-hydrogen) atoms. The lowest BCUT2D eigenvalue weighted by atomic mass is 10.1. The molecule has 0 rings (SSSR count). The molecule has 0 aliphatic heterocycles. The Morgan fingerprint density at radius 2 is 0.955 bits per heavy atom. The van der Waals surface area contributed by atoms with E-state index in [9.17, 15) is 9.59 Å². The molecule has 0 aromatic rings. The van der Waals surface area contributed by atoms with Gasteiger partial charge in [0.2, 0.25) is 0 Å². The van der Waals surface area contributed by atoms with Gasteiger partial charge in [0, 0.05) is 11.1 Å². The van der Waals surface area contributed by atoms with Crippen molar-refractivity contribution in [1.29, 1.82) is 0 Å². The Kier molecular flexibility index (Phi) is 7.16. The van der Waals surface area contributed by atoms with Crippen LogP contribution in [0.4, 0.5) is 9.59 Å². The first-order valence-electron chi connectivity index (χ1n) is 7.39. The van der Waals surface area contributed by atoms with Crippen LogP contribution in [0.3, 0.4) is 0 Å². The average Bonchev–Trinajstić information content (AvgIpc) is 2.28. The summed E-state index contributed by atoms with van der Waals surface area (Å²) >= 11 is 0. The number of hydrogen-bond acceptors (Lipinski definition) is 2. The molecule has 0 fully saturated rings. The molecule has 0 aliphatic rings. The van der Waals surface area contributed by atoms with E-state index in [1.165, 1.54) is 0 Å². The van der Waals surface area contributed by atoms with Gasteiger partial charge >= 0.3 is 12.1 Å². The van der Waals surface area contributed by atoms with E-state index in [1.54, 1.807) is 26.0 Å². The van der Waals surface area contributed by atoms with E-state index in [2.05, 4.69) is 21.3 Å². The Morgan fingerprint density at radius 3 is 1.14 bits per heavy atom. The van der Waals surface area contributed by atoms with Crippen LogP contribution in [0.15, 0.2) is 23.5 Å². The van der Waals surface area contributed by atoms with Crippen LogP contribution in [0.1, 0.15) is 55.4 Å². The summed E-state index contributed by atoms with van der Waals surface area (Å²) in [7, 11) is 0.